The monoisotopic (exact) mass is 383 g/mol. The Morgan fingerprint density at radius 3 is 2.61 bits per heavy atom. The van der Waals surface area contributed by atoms with Gasteiger partial charge >= 0.3 is 5.97 Å². The van der Waals surface area contributed by atoms with Gasteiger partial charge in [0.05, 0.1) is 25.4 Å². The second-order valence-corrected chi connectivity index (χ2v) is 6.78. The summed E-state index contributed by atoms with van der Waals surface area (Å²) in [7, 11) is 1.35. The molecule has 1 aliphatic carbocycles. The van der Waals surface area contributed by atoms with E-state index in [0.29, 0.717) is 23.1 Å². The molecule has 7 heteroatoms. The summed E-state index contributed by atoms with van der Waals surface area (Å²) in [4.78, 5) is 23.3. The number of carbonyl (C=O) groups excluding carboxylic acids is 2. The molecule has 1 amide bonds. The highest BCUT2D eigenvalue weighted by Crippen LogP contribution is 2.22. The first-order valence-corrected chi connectivity index (χ1v) is 9.49. The average molecular weight is 383 g/mol. The minimum Gasteiger partial charge on any atom is -0.465 e. The number of ether oxygens (including phenoxy) is 1. The van der Waals surface area contributed by atoms with Gasteiger partial charge in [-0.2, -0.15) is 5.10 Å². The van der Waals surface area contributed by atoms with Crippen molar-refractivity contribution in [2.45, 2.75) is 38.1 Å². The number of esters is 1. The van der Waals surface area contributed by atoms with Crippen LogP contribution in [-0.2, 0) is 9.53 Å². The van der Waals surface area contributed by atoms with E-state index in [-0.39, 0.29) is 18.4 Å². The number of hydrogen-bond donors (Lipinski definition) is 2. The fourth-order valence-electron chi connectivity index (χ4n) is 3.22. The number of nitrogens with one attached hydrogen (secondary N) is 2. The molecule has 1 saturated carbocycles. The van der Waals surface area contributed by atoms with Crippen molar-refractivity contribution >= 4 is 18.1 Å². The molecule has 0 aliphatic heterocycles. The number of hydrogen-bond acceptors (Lipinski definition) is 6. The van der Waals surface area contributed by atoms with Crippen LogP contribution in [0.4, 0.5) is 0 Å². The molecule has 0 bridgehead atoms. The number of hydrazone groups is 1. The van der Waals surface area contributed by atoms with E-state index in [0.717, 1.165) is 18.4 Å². The van der Waals surface area contributed by atoms with Crippen LogP contribution in [-0.4, -0.2) is 37.8 Å². The Morgan fingerprint density at radius 1 is 1.14 bits per heavy atom. The summed E-state index contributed by atoms with van der Waals surface area (Å²) < 4.78 is 10.4. The quantitative estimate of drug-likeness (QED) is 0.435. The van der Waals surface area contributed by atoms with Crippen LogP contribution in [0.1, 0.15) is 48.2 Å². The number of benzene rings is 1. The first-order chi connectivity index (χ1) is 13.7. The molecule has 148 valence electrons. The van der Waals surface area contributed by atoms with Crippen LogP contribution in [0.3, 0.4) is 0 Å². The lowest BCUT2D eigenvalue weighted by Gasteiger charge is -2.22. The van der Waals surface area contributed by atoms with Gasteiger partial charge in [0.2, 0.25) is 0 Å². The molecule has 0 saturated heterocycles. The van der Waals surface area contributed by atoms with Crippen molar-refractivity contribution in [3.05, 3.63) is 47.7 Å². The van der Waals surface area contributed by atoms with Crippen molar-refractivity contribution < 1.29 is 18.7 Å². The van der Waals surface area contributed by atoms with Crippen LogP contribution in [0.5, 0.6) is 0 Å². The normalized spacial score (nSPS) is 14.9. The Kier molecular flexibility index (Phi) is 6.97. The van der Waals surface area contributed by atoms with Gasteiger partial charge in [-0.1, -0.05) is 31.4 Å². The summed E-state index contributed by atoms with van der Waals surface area (Å²) in [6.07, 6.45) is 7.46. The largest absolute Gasteiger partial charge is 0.465 e. The average Bonchev–Trinajstić information content (AvgIpc) is 3.21. The predicted octanol–water partition coefficient (Wildman–Crippen LogP) is 3.11. The zero-order valence-corrected chi connectivity index (χ0v) is 15.9. The molecule has 0 unspecified atom stereocenters. The summed E-state index contributed by atoms with van der Waals surface area (Å²) in [6.45, 7) is 0.262. The Balaban J connectivity index is 1.48. The maximum atomic E-state index is 11.9. The van der Waals surface area contributed by atoms with Crippen molar-refractivity contribution in [2.24, 2.45) is 5.10 Å². The number of rotatable bonds is 7. The molecule has 3 rings (SSSR count). The predicted molar refractivity (Wildman–Crippen MR) is 106 cm³/mol. The Labute approximate surface area is 164 Å². The van der Waals surface area contributed by atoms with E-state index in [2.05, 4.69) is 20.6 Å². The summed E-state index contributed by atoms with van der Waals surface area (Å²) in [5, 5.41) is 7.21. The van der Waals surface area contributed by atoms with Crippen LogP contribution in [0, 0.1) is 0 Å². The maximum absolute atomic E-state index is 11.9. The Hall–Kier alpha value is -2.93. The van der Waals surface area contributed by atoms with Gasteiger partial charge in [-0.05, 0) is 37.1 Å². The van der Waals surface area contributed by atoms with Crippen LogP contribution in [0.25, 0.3) is 11.3 Å². The van der Waals surface area contributed by atoms with Crippen molar-refractivity contribution in [1.29, 1.82) is 0 Å². The Bertz CT molecular complexity index is 820. The molecule has 2 N–H and O–H groups in total. The fourth-order valence-corrected chi connectivity index (χ4v) is 3.22. The number of amides is 1. The summed E-state index contributed by atoms with van der Waals surface area (Å²) in [6, 6.07) is 10.9. The van der Waals surface area contributed by atoms with Gasteiger partial charge in [0.25, 0.3) is 5.91 Å². The van der Waals surface area contributed by atoms with Gasteiger partial charge in [0.15, 0.2) is 0 Å². The highest BCUT2D eigenvalue weighted by Gasteiger charge is 2.13. The molecule has 7 nitrogen and oxygen atoms in total. The van der Waals surface area contributed by atoms with Gasteiger partial charge in [-0.25, -0.2) is 10.2 Å². The van der Waals surface area contributed by atoms with Gasteiger partial charge in [-0.3, -0.25) is 4.79 Å². The third-order valence-electron chi connectivity index (χ3n) is 4.75. The van der Waals surface area contributed by atoms with E-state index in [9.17, 15) is 9.59 Å². The molecule has 0 radical (unpaired) electrons. The van der Waals surface area contributed by atoms with Crippen LogP contribution in [0.15, 0.2) is 45.9 Å². The van der Waals surface area contributed by atoms with E-state index >= 15 is 0 Å². The van der Waals surface area contributed by atoms with Gasteiger partial charge < -0.3 is 14.5 Å². The first-order valence-electron chi connectivity index (χ1n) is 9.49. The fraction of sp³-hybridized carbons (Fsp3) is 0.381. The maximum Gasteiger partial charge on any atom is 0.337 e. The molecule has 1 aromatic carbocycles. The lowest BCUT2D eigenvalue weighted by atomic mass is 9.95. The smallest absolute Gasteiger partial charge is 0.337 e. The molecule has 0 spiro atoms. The van der Waals surface area contributed by atoms with E-state index in [4.69, 9.17) is 4.42 Å². The number of furan rings is 1. The number of nitrogens with zero attached hydrogens (tertiary/aromatic N) is 1. The van der Waals surface area contributed by atoms with E-state index in [1.165, 1.54) is 32.6 Å². The molecule has 1 fully saturated rings. The Morgan fingerprint density at radius 2 is 1.89 bits per heavy atom. The summed E-state index contributed by atoms with van der Waals surface area (Å²) >= 11 is 0. The van der Waals surface area contributed by atoms with Crippen molar-refractivity contribution in [3.8, 4) is 11.3 Å². The lowest BCUT2D eigenvalue weighted by Crippen LogP contribution is -2.38. The molecule has 1 aliphatic rings. The van der Waals surface area contributed by atoms with E-state index in [1.807, 2.05) is 0 Å². The molecule has 28 heavy (non-hydrogen) atoms. The number of carbonyl (C=O) groups is 2. The third-order valence-corrected chi connectivity index (χ3v) is 4.75. The zero-order chi connectivity index (χ0) is 19.8. The topological polar surface area (TPSA) is 92.9 Å². The molecule has 1 heterocycles. The molecule has 2 aromatic rings. The summed E-state index contributed by atoms with van der Waals surface area (Å²) in [5.41, 5.74) is 3.81. The number of methoxy groups -OCH3 is 1. The van der Waals surface area contributed by atoms with Crippen molar-refractivity contribution in [1.82, 2.24) is 10.7 Å². The van der Waals surface area contributed by atoms with Crippen molar-refractivity contribution in [3.63, 3.8) is 0 Å². The molecular weight excluding hydrogens is 358 g/mol. The third kappa shape index (κ3) is 5.53. The second kappa shape index (κ2) is 9.85. The van der Waals surface area contributed by atoms with Crippen LogP contribution >= 0.6 is 0 Å². The lowest BCUT2D eigenvalue weighted by molar-refractivity contribution is -0.120. The van der Waals surface area contributed by atoms with E-state index in [1.54, 1.807) is 36.4 Å². The molecule has 0 atom stereocenters. The highest BCUT2D eigenvalue weighted by molar-refractivity contribution is 5.90. The van der Waals surface area contributed by atoms with Crippen molar-refractivity contribution in [2.75, 3.05) is 13.7 Å². The summed E-state index contributed by atoms with van der Waals surface area (Å²) in [5.74, 6) is 0.607. The van der Waals surface area contributed by atoms with E-state index < -0.39 is 0 Å². The van der Waals surface area contributed by atoms with Crippen LogP contribution < -0.4 is 10.7 Å². The first kappa shape index (κ1) is 19.8. The zero-order valence-electron chi connectivity index (χ0n) is 15.9. The molecular formula is C21H25N3O4. The van der Waals surface area contributed by atoms with Gasteiger partial charge in [0.1, 0.15) is 11.5 Å². The van der Waals surface area contributed by atoms with Gasteiger partial charge in [0, 0.05) is 11.6 Å². The highest BCUT2D eigenvalue weighted by atomic mass is 16.5. The standard InChI is InChI=1S/C21H25N3O4/c1-27-21(26)16-9-7-15(8-10-16)19-12-11-18(28-19)13-23-24-20(25)14-22-17-5-3-2-4-6-17/h7-13,17,22H,2-6,14H2,1H3,(H,24,25)/b23-13-. The van der Waals surface area contributed by atoms with Crippen LogP contribution in [0.2, 0.25) is 0 Å². The SMILES string of the molecule is COC(=O)c1ccc(-c2ccc(/C=N\NC(=O)CNC3CCCCC3)o2)cc1. The minimum absolute atomic E-state index is 0.174. The van der Waals surface area contributed by atoms with Gasteiger partial charge in [-0.15, -0.1) is 0 Å². The minimum atomic E-state index is -0.382. The molecule has 1 aromatic heterocycles. The second-order valence-electron chi connectivity index (χ2n) is 6.78.